The number of benzene rings is 2. The monoisotopic (exact) mass is 324 g/mol. The van der Waals surface area contributed by atoms with Gasteiger partial charge in [-0.1, -0.05) is 30.3 Å². The maximum Gasteiger partial charge on any atom is 0.322 e. The molecule has 2 aromatic carbocycles. The van der Waals surface area contributed by atoms with Gasteiger partial charge in [0.1, 0.15) is 5.75 Å². The van der Waals surface area contributed by atoms with E-state index in [-0.39, 0.29) is 18.1 Å². The number of ether oxygens (including phenoxy) is 1. The molecular formula is C20H24N2O2. The highest BCUT2D eigenvalue weighted by atomic mass is 16.5. The molecule has 1 aliphatic heterocycles. The SMILES string of the molecule is CCOc1cccc(C(C)NC(=O)N2c3ccccc3CC2C)c1. The van der Waals surface area contributed by atoms with Crippen molar-refractivity contribution in [2.75, 3.05) is 11.5 Å². The Labute approximate surface area is 143 Å². The molecule has 0 aliphatic carbocycles. The van der Waals surface area contributed by atoms with Gasteiger partial charge in [0.15, 0.2) is 0 Å². The molecule has 1 heterocycles. The Bertz CT molecular complexity index is 729. The fourth-order valence-electron chi connectivity index (χ4n) is 3.25. The zero-order chi connectivity index (χ0) is 17.1. The van der Waals surface area contributed by atoms with Crippen molar-refractivity contribution in [2.24, 2.45) is 0 Å². The first-order chi connectivity index (χ1) is 11.6. The molecule has 126 valence electrons. The van der Waals surface area contributed by atoms with Crippen molar-refractivity contribution in [3.05, 3.63) is 59.7 Å². The van der Waals surface area contributed by atoms with E-state index in [1.807, 2.05) is 61.2 Å². The van der Waals surface area contributed by atoms with E-state index in [1.165, 1.54) is 5.56 Å². The van der Waals surface area contributed by atoms with Crippen molar-refractivity contribution in [1.29, 1.82) is 0 Å². The molecule has 4 heteroatoms. The van der Waals surface area contributed by atoms with Crippen LogP contribution in [0.4, 0.5) is 10.5 Å². The third kappa shape index (κ3) is 3.23. The van der Waals surface area contributed by atoms with Crippen LogP contribution in [0, 0.1) is 0 Å². The smallest absolute Gasteiger partial charge is 0.322 e. The normalized spacial score (nSPS) is 17.3. The van der Waals surface area contributed by atoms with Crippen LogP contribution >= 0.6 is 0 Å². The zero-order valence-electron chi connectivity index (χ0n) is 14.5. The maximum absolute atomic E-state index is 12.8. The Morgan fingerprint density at radius 3 is 2.88 bits per heavy atom. The van der Waals surface area contributed by atoms with Crippen LogP contribution in [0.25, 0.3) is 0 Å². The summed E-state index contributed by atoms with van der Waals surface area (Å²) in [5.41, 5.74) is 3.28. The van der Waals surface area contributed by atoms with E-state index >= 15 is 0 Å². The van der Waals surface area contributed by atoms with Gasteiger partial charge in [0, 0.05) is 11.7 Å². The van der Waals surface area contributed by atoms with Crippen LogP contribution in [0.5, 0.6) is 5.75 Å². The molecule has 2 amide bonds. The lowest BCUT2D eigenvalue weighted by molar-refractivity contribution is 0.242. The Hall–Kier alpha value is -2.49. The molecule has 24 heavy (non-hydrogen) atoms. The fourth-order valence-corrected chi connectivity index (χ4v) is 3.25. The van der Waals surface area contributed by atoms with Gasteiger partial charge in [-0.3, -0.25) is 4.90 Å². The van der Waals surface area contributed by atoms with E-state index in [1.54, 1.807) is 0 Å². The van der Waals surface area contributed by atoms with Crippen LogP contribution in [-0.4, -0.2) is 18.7 Å². The lowest BCUT2D eigenvalue weighted by Gasteiger charge is -2.25. The van der Waals surface area contributed by atoms with Gasteiger partial charge in [-0.25, -0.2) is 4.79 Å². The highest BCUT2D eigenvalue weighted by molar-refractivity contribution is 5.95. The van der Waals surface area contributed by atoms with Crippen LogP contribution in [0.1, 0.15) is 37.9 Å². The number of para-hydroxylation sites is 1. The molecule has 0 radical (unpaired) electrons. The summed E-state index contributed by atoms with van der Waals surface area (Å²) in [5, 5.41) is 3.11. The summed E-state index contributed by atoms with van der Waals surface area (Å²) in [6.07, 6.45) is 0.901. The van der Waals surface area contributed by atoms with Crippen molar-refractivity contribution in [1.82, 2.24) is 5.32 Å². The fraction of sp³-hybridized carbons (Fsp3) is 0.350. The molecule has 1 aliphatic rings. The second kappa shape index (κ2) is 6.95. The minimum Gasteiger partial charge on any atom is -0.494 e. The predicted octanol–water partition coefficient (Wildman–Crippen LogP) is 4.31. The maximum atomic E-state index is 12.8. The lowest BCUT2D eigenvalue weighted by Crippen LogP contribution is -2.44. The number of carbonyl (C=O) groups is 1. The first-order valence-electron chi connectivity index (χ1n) is 8.50. The number of fused-ring (bicyclic) bond motifs is 1. The second-order valence-corrected chi connectivity index (χ2v) is 6.23. The van der Waals surface area contributed by atoms with E-state index in [4.69, 9.17) is 4.74 Å². The van der Waals surface area contributed by atoms with Gasteiger partial charge < -0.3 is 10.1 Å². The van der Waals surface area contributed by atoms with E-state index in [9.17, 15) is 4.79 Å². The summed E-state index contributed by atoms with van der Waals surface area (Å²) < 4.78 is 5.54. The minimum absolute atomic E-state index is 0.0539. The number of hydrogen-bond donors (Lipinski definition) is 1. The molecular weight excluding hydrogens is 300 g/mol. The van der Waals surface area contributed by atoms with E-state index in [2.05, 4.69) is 18.3 Å². The molecule has 0 saturated carbocycles. The number of hydrogen-bond acceptors (Lipinski definition) is 2. The summed E-state index contributed by atoms with van der Waals surface area (Å²) in [5.74, 6) is 0.830. The summed E-state index contributed by atoms with van der Waals surface area (Å²) in [4.78, 5) is 14.7. The molecule has 0 fully saturated rings. The first kappa shape index (κ1) is 16.4. The van der Waals surface area contributed by atoms with Crippen LogP contribution in [-0.2, 0) is 6.42 Å². The van der Waals surface area contributed by atoms with Crippen molar-refractivity contribution in [2.45, 2.75) is 39.3 Å². The Morgan fingerprint density at radius 1 is 1.29 bits per heavy atom. The topological polar surface area (TPSA) is 41.6 Å². The highest BCUT2D eigenvalue weighted by Gasteiger charge is 2.31. The molecule has 0 bridgehead atoms. The number of urea groups is 1. The van der Waals surface area contributed by atoms with Crippen molar-refractivity contribution in [3.63, 3.8) is 0 Å². The number of anilines is 1. The summed E-state index contributed by atoms with van der Waals surface area (Å²) in [6, 6.07) is 16.0. The van der Waals surface area contributed by atoms with Crippen molar-refractivity contribution < 1.29 is 9.53 Å². The average Bonchev–Trinajstić information content (AvgIpc) is 2.91. The third-order valence-corrected chi connectivity index (χ3v) is 4.44. The van der Waals surface area contributed by atoms with E-state index in [0.717, 1.165) is 23.4 Å². The summed E-state index contributed by atoms with van der Waals surface area (Å²) in [7, 11) is 0. The molecule has 0 saturated heterocycles. The molecule has 0 spiro atoms. The average molecular weight is 324 g/mol. The van der Waals surface area contributed by atoms with Gasteiger partial charge in [0.05, 0.1) is 12.6 Å². The first-order valence-corrected chi connectivity index (χ1v) is 8.50. The van der Waals surface area contributed by atoms with Gasteiger partial charge >= 0.3 is 6.03 Å². The highest BCUT2D eigenvalue weighted by Crippen LogP contribution is 2.32. The van der Waals surface area contributed by atoms with Gasteiger partial charge in [0.25, 0.3) is 0 Å². The van der Waals surface area contributed by atoms with Gasteiger partial charge in [-0.15, -0.1) is 0 Å². The summed E-state index contributed by atoms with van der Waals surface area (Å²) in [6.45, 7) is 6.67. The molecule has 2 atom stereocenters. The molecule has 1 N–H and O–H groups in total. The van der Waals surface area contributed by atoms with Crippen LogP contribution in [0.15, 0.2) is 48.5 Å². The second-order valence-electron chi connectivity index (χ2n) is 6.23. The molecule has 0 aromatic heterocycles. The zero-order valence-corrected chi connectivity index (χ0v) is 14.5. The standard InChI is InChI=1S/C20H24N2O2/c1-4-24-18-10-7-9-16(13-18)15(3)21-20(23)22-14(2)12-17-8-5-6-11-19(17)22/h5-11,13-15H,4,12H2,1-3H3,(H,21,23). The minimum atomic E-state index is -0.0853. The van der Waals surface area contributed by atoms with Gasteiger partial charge in [-0.2, -0.15) is 0 Å². The van der Waals surface area contributed by atoms with E-state index in [0.29, 0.717) is 6.61 Å². The van der Waals surface area contributed by atoms with Crippen molar-refractivity contribution >= 4 is 11.7 Å². The third-order valence-electron chi connectivity index (χ3n) is 4.44. The Balaban J connectivity index is 1.74. The van der Waals surface area contributed by atoms with Crippen molar-refractivity contribution in [3.8, 4) is 5.75 Å². The van der Waals surface area contributed by atoms with Crippen LogP contribution in [0.3, 0.4) is 0 Å². The molecule has 3 rings (SSSR count). The number of nitrogens with zero attached hydrogens (tertiary/aromatic N) is 1. The summed E-state index contributed by atoms with van der Waals surface area (Å²) >= 11 is 0. The van der Waals surface area contributed by atoms with Crippen LogP contribution in [0.2, 0.25) is 0 Å². The number of nitrogens with one attached hydrogen (secondary N) is 1. The Kier molecular flexibility index (Phi) is 4.74. The largest absolute Gasteiger partial charge is 0.494 e. The lowest BCUT2D eigenvalue weighted by atomic mass is 10.1. The van der Waals surface area contributed by atoms with E-state index < -0.39 is 0 Å². The van der Waals surface area contributed by atoms with Gasteiger partial charge in [-0.05, 0) is 56.5 Å². The predicted molar refractivity (Wildman–Crippen MR) is 96.6 cm³/mol. The quantitative estimate of drug-likeness (QED) is 0.910. The Morgan fingerprint density at radius 2 is 2.08 bits per heavy atom. The number of amides is 2. The van der Waals surface area contributed by atoms with Crippen LogP contribution < -0.4 is 15.0 Å². The number of rotatable bonds is 4. The molecule has 2 aromatic rings. The molecule has 4 nitrogen and oxygen atoms in total. The molecule has 2 unspecified atom stereocenters. The van der Waals surface area contributed by atoms with Gasteiger partial charge in [0.2, 0.25) is 0 Å². The number of carbonyl (C=O) groups excluding carboxylic acids is 1.